The third kappa shape index (κ3) is 5.82. The summed E-state index contributed by atoms with van der Waals surface area (Å²) in [4.78, 5) is 37.7. The summed E-state index contributed by atoms with van der Waals surface area (Å²) in [5.74, 6) is 0.660. The molecule has 8 heteroatoms. The fraction of sp³-hybridized carbons (Fsp3) is 0.370. The van der Waals surface area contributed by atoms with Gasteiger partial charge in [0.25, 0.3) is 0 Å². The van der Waals surface area contributed by atoms with Gasteiger partial charge in [0, 0.05) is 41.7 Å². The predicted molar refractivity (Wildman–Crippen MR) is 136 cm³/mol. The summed E-state index contributed by atoms with van der Waals surface area (Å²) in [5.41, 5.74) is 5.35. The summed E-state index contributed by atoms with van der Waals surface area (Å²) < 4.78 is 0. The van der Waals surface area contributed by atoms with Gasteiger partial charge in [0.05, 0.1) is 17.6 Å². The minimum atomic E-state index is -0.223. The van der Waals surface area contributed by atoms with Crippen molar-refractivity contribution in [3.8, 4) is 22.4 Å². The molecule has 2 fully saturated rings. The number of nitrogens with zero attached hydrogens (tertiary/aromatic N) is 3. The molecule has 0 aromatic carbocycles. The SMILES string of the molecule is Cc1ncc(NC(=O)NCCC2(C)CC2)cc1-c1ccnc(-c2ccnc(NC(=O)C3CC3)c2)c1. The molecule has 0 atom stereocenters. The number of carbonyl (C=O) groups is 2. The molecule has 0 unspecified atom stereocenters. The topological polar surface area (TPSA) is 109 Å². The van der Waals surface area contributed by atoms with E-state index in [9.17, 15) is 9.59 Å². The van der Waals surface area contributed by atoms with Crippen molar-refractivity contribution in [1.82, 2.24) is 20.3 Å². The number of aryl methyl sites for hydroxylation is 1. The molecule has 180 valence electrons. The molecule has 3 heterocycles. The predicted octanol–water partition coefficient (Wildman–Crippen LogP) is 5.17. The van der Waals surface area contributed by atoms with Crippen molar-refractivity contribution in [2.75, 3.05) is 17.2 Å². The number of nitrogens with one attached hydrogen (secondary N) is 3. The van der Waals surface area contributed by atoms with Crippen molar-refractivity contribution in [2.24, 2.45) is 11.3 Å². The van der Waals surface area contributed by atoms with E-state index in [1.54, 1.807) is 18.6 Å². The number of amides is 3. The number of hydrogen-bond acceptors (Lipinski definition) is 5. The highest BCUT2D eigenvalue weighted by atomic mass is 16.2. The molecule has 3 N–H and O–H groups in total. The third-order valence-corrected chi connectivity index (χ3v) is 6.79. The Hall–Kier alpha value is -3.81. The largest absolute Gasteiger partial charge is 0.338 e. The van der Waals surface area contributed by atoms with Crippen LogP contribution < -0.4 is 16.0 Å². The molecular formula is C27H30N6O2. The average Bonchev–Trinajstić information content (AvgIpc) is 3.78. The van der Waals surface area contributed by atoms with Crippen LogP contribution in [-0.4, -0.2) is 33.4 Å². The highest BCUT2D eigenvalue weighted by molar-refractivity contribution is 5.93. The minimum Gasteiger partial charge on any atom is -0.338 e. The Morgan fingerprint density at radius 2 is 1.77 bits per heavy atom. The van der Waals surface area contributed by atoms with E-state index in [1.807, 2.05) is 37.3 Å². The van der Waals surface area contributed by atoms with Crippen LogP contribution in [0.4, 0.5) is 16.3 Å². The van der Waals surface area contributed by atoms with Gasteiger partial charge in [0.2, 0.25) is 5.91 Å². The molecule has 3 amide bonds. The second-order valence-corrected chi connectivity index (χ2v) is 9.92. The zero-order valence-corrected chi connectivity index (χ0v) is 20.1. The zero-order valence-electron chi connectivity index (χ0n) is 20.1. The summed E-state index contributed by atoms with van der Waals surface area (Å²) in [6.07, 6.45) is 10.5. The first kappa shape index (κ1) is 23.0. The van der Waals surface area contributed by atoms with Gasteiger partial charge in [-0.1, -0.05) is 6.92 Å². The van der Waals surface area contributed by atoms with Gasteiger partial charge >= 0.3 is 6.03 Å². The van der Waals surface area contributed by atoms with E-state index in [1.165, 1.54) is 12.8 Å². The van der Waals surface area contributed by atoms with Gasteiger partial charge in [-0.25, -0.2) is 9.78 Å². The standard InChI is InChI=1S/C27H30N6O2/c1-17-22(15-21(16-31-17)32-26(35)30-12-9-27(2)7-8-27)19-5-10-28-23(13-19)20-6-11-29-24(14-20)33-25(34)18-3-4-18/h5-6,10-11,13-16,18H,3-4,7-9,12H2,1-2H3,(H,29,33,34)(H2,30,32,35). The lowest BCUT2D eigenvalue weighted by molar-refractivity contribution is -0.117. The highest BCUT2D eigenvalue weighted by Crippen LogP contribution is 2.47. The van der Waals surface area contributed by atoms with E-state index in [0.717, 1.165) is 47.3 Å². The van der Waals surface area contributed by atoms with E-state index in [0.29, 0.717) is 23.5 Å². The number of urea groups is 1. The van der Waals surface area contributed by atoms with Gasteiger partial charge in [-0.3, -0.25) is 14.8 Å². The van der Waals surface area contributed by atoms with Crippen molar-refractivity contribution in [1.29, 1.82) is 0 Å². The van der Waals surface area contributed by atoms with E-state index in [4.69, 9.17) is 0 Å². The number of pyridine rings is 3. The molecule has 0 spiro atoms. The molecule has 5 rings (SSSR count). The maximum absolute atomic E-state index is 12.3. The summed E-state index contributed by atoms with van der Waals surface area (Å²) in [6, 6.07) is 9.31. The minimum absolute atomic E-state index is 0.0214. The van der Waals surface area contributed by atoms with Crippen molar-refractivity contribution in [3.05, 3.63) is 54.6 Å². The van der Waals surface area contributed by atoms with Crippen LogP contribution in [0.25, 0.3) is 22.4 Å². The van der Waals surface area contributed by atoms with Gasteiger partial charge in [-0.2, -0.15) is 0 Å². The summed E-state index contributed by atoms with van der Waals surface area (Å²) in [5, 5.41) is 8.72. The number of aromatic nitrogens is 3. The van der Waals surface area contributed by atoms with Crippen molar-refractivity contribution >= 4 is 23.4 Å². The van der Waals surface area contributed by atoms with Crippen LogP contribution in [0.3, 0.4) is 0 Å². The van der Waals surface area contributed by atoms with Crippen LogP contribution in [0.2, 0.25) is 0 Å². The maximum Gasteiger partial charge on any atom is 0.319 e. The second-order valence-electron chi connectivity index (χ2n) is 9.92. The quantitative estimate of drug-likeness (QED) is 0.421. The first-order valence-electron chi connectivity index (χ1n) is 12.1. The Kier molecular flexibility index (Phi) is 6.19. The lowest BCUT2D eigenvalue weighted by Gasteiger charge is -2.13. The third-order valence-electron chi connectivity index (χ3n) is 6.79. The number of hydrogen-bond donors (Lipinski definition) is 3. The highest BCUT2D eigenvalue weighted by Gasteiger charge is 2.36. The van der Waals surface area contributed by atoms with Crippen molar-refractivity contribution in [2.45, 2.75) is 46.0 Å². The number of rotatable bonds is 8. The second kappa shape index (κ2) is 9.44. The first-order chi connectivity index (χ1) is 16.9. The molecule has 3 aromatic rings. The molecule has 2 aliphatic carbocycles. The van der Waals surface area contributed by atoms with Gasteiger partial charge in [0.15, 0.2) is 0 Å². The van der Waals surface area contributed by atoms with Crippen molar-refractivity contribution in [3.63, 3.8) is 0 Å². The van der Waals surface area contributed by atoms with Crippen LogP contribution in [0.5, 0.6) is 0 Å². The fourth-order valence-corrected chi connectivity index (χ4v) is 4.00. The van der Waals surface area contributed by atoms with E-state index in [2.05, 4.69) is 37.8 Å². The maximum atomic E-state index is 12.3. The van der Waals surface area contributed by atoms with E-state index >= 15 is 0 Å². The van der Waals surface area contributed by atoms with Gasteiger partial charge in [-0.05, 0) is 80.3 Å². The molecule has 0 radical (unpaired) electrons. The van der Waals surface area contributed by atoms with Crippen LogP contribution >= 0.6 is 0 Å². The van der Waals surface area contributed by atoms with Crippen LogP contribution in [0.15, 0.2) is 48.9 Å². The molecular weight excluding hydrogens is 440 g/mol. The van der Waals surface area contributed by atoms with E-state index in [-0.39, 0.29) is 17.9 Å². The van der Waals surface area contributed by atoms with Gasteiger partial charge in [-0.15, -0.1) is 0 Å². The summed E-state index contributed by atoms with van der Waals surface area (Å²) in [6.45, 7) is 4.85. The first-order valence-corrected chi connectivity index (χ1v) is 12.1. The van der Waals surface area contributed by atoms with Crippen LogP contribution in [0, 0.1) is 18.3 Å². The lowest BCUT2D eigenvalue weighted by Crippen LogP contribution is -2.30. The normalized spacial score (nSPS) is 15.8. The van der Waals surface area contributed by atoms with Crippen LogP contribution in [-0.2, 0) is 4.79 Å². The Labute approximate surface area is 205 Å². The molecule has 35 heavy (non-hydrogen) atoms. The molecule has 8 nitrogen and oxygen atoms in total. The van der Waals surface area contributed by atoms with Crippen molar-refractivity contribution < 1.29 is 9.59 Å². The molecule has 2 saturated carbocycles. The lowest BCUT2D eigenvalue weighted by atomic mass is 10.0. The smallest absolute Gasteiger partial charge is 0.319 e. The van der Waals surface area contributed by atoms with Gasteiger partial charge in [0.1, 0.15) is 5.82 Å². The molecule has 3 aromatic heterocycles. The molecule has 0 bridgehead atoms. The monoisotopic (exact) mass is 470 g/mol. The Bertz CT molecular complexity index is 1270. The molecule has 0 aliphatic heterocycles. The summed E-state index contributed by atoms with van der Waals surface area (Å²) >= 11 is 0. The number of carbonyl (C=O) groups excluding carboxylic acids is 2. The Morgan fingerprint density at radius 3 is 2.54 bits per heavy atom. The molecule has 0 saturated heterocycles. The number of anilines is 2. The zero-order chi connectivity index (χ0) is 24.4. The summed E-state index contributed by atoms with van der Waals surface area (Å²) in [7, 11) is 0. The van der Waals surface area contributed by atoms with Crippen LogP contribution in [0.1, 0.15) is 44.7 Å². The fourth-order valence-electron chi connectivity index (χ4n) is 4.00. The average molecular weight is 471 g/mol. The molecule has 2 aliphatic rings. The van der Waals surface area contributed by atoms with Gasteiger partial charge < -0.3 is 16.0 Å². The Balaban J connectivity index is 1.30. The Morgan fingerprint density at radius 1 is 1.00 bits per heavy atom. The van der Waals surface area contributed by atoms with E-state index < -0.39 is 0 Å².